The maximum atomic E-state index is 10.7. The molecule has 0 aromatic carbocycles. The van der Waals surface area contributed by atoms with Crippen molar-refractivity contribution in [2.75, 3.05) is 0 Å². The highest BCUT2D eigenvalue weighted by atomic mass is 28.2. The van der Waals surface area contributed by atoms with Crippen molar-refractivity contribution in [2.24, 2.45) is 5.92 Å². The van der Waals surface area contributed by atoms with Gasteiger partial charge in [-0.1, -0.05) is 20.3 Å². The normalized spacial score (nSPS) is 16.3. The van der Waals surface area contributed by atoms with Gasteiger partial charge >= 0.3 is 5.97 Å². The predicted molar refractivity (Wildman–Crippen MR) is 41.5 cm³/mol. The van der Waals surface area contributed by atoms with Crippen LogP contribution in [-0.2, 0) is 9.22 Å². The van der Waals surface area contributed by atoms with Crippen LogP contribution in [0.4, 0.5) is 0 Å². The molecule has 0 aliphatic heterocycles. The van der Waals surface area contributed by atoms with Crippen LogP contribution < -0.4 is 0 Å². The van der Waals surface area contributed by atoms with Gasteiger partial charge in [0.2, 0.25) is 10.5 Å². The topological polar surface area (TPSA) is 46.5 Å². The molecule has 4 heteroatoms. The first-order valence-electron chi connectivity index (χ1n) is 3.39. The SMILES string of the molecule is CCC(C)C(O)C(=O)O[SiH3]. The van der Waals surface area contributed by atoms with Crippen LogP contribution in [0.15, 0.2) is 0 Å². The van der Waals surface area contributed by atoms with Crippen molar-refractivity contribution < 1.29 is 14.3 Å². The maximum absolute atomic E-state index is 10.7. The van der Waals surface area contributed by atoms with E-state index in [-0.39, 0.29) is 5.92 Å². The molecule has 0 radical (unpaired) electrons. The van der Waals surface area contributed by atoms with Gasteiger partial charge < -0.3 is 9.53 Å². The Morgan fingerprint density at radius 1 is 1.80 bits per heavy atom. The molecule has 3 nitrogen and oxygen atoms in total. The second-order valence-corrected chi connectivity index (χ2v) is 2.76. The summed E-state index contributed by atoms with van der Waals surface area (Å²) < 4.78 is 4.48. The lowest BCUT2D eigenvalue weighted by Gasteiger charge is -2.14. The van der Waals surface area contributed by atoms with Crippen LogP contribution in [0.5, 0.6) is 0 Å². The Morgan fingerprint density at radius 3 is 2.60 bits per heavy atom. The lowest BCUT2D eigenvalue weighted by Crippen LogP contribution is -2.28. The third kappa shape index (κ3) is 2.49. The van der Waals surface area contributed by atoms with Gasteiger partial charge in [0.15, 0.2) is 6.10 Å². The van der Waals surface area contributed by atoms with Gasteiger partial charge in [-0.15, -0.1) is 0 Å². The summed E-state index contributed by atoms with van der Waals surface area (Å²) >= 11 is 0. The first-order valence-corrected chi connectivity index (χ1v) is 4.21. The Balaban J connectivity index is 3.81. The van der Waals surface area contributed by atoms with Gasteiger partial charge in [-0.2, -0.15) is 0 Å². The molecule has 0 saturated heterocycles. The molecular formula is C6H14O3Si. The van der Waals surface area contributed by atoms with E-state index in [2.05, 4.69) is 4.43 Å². The minimum Gasteiger partial charge on any atom is -0.527 e. The van der Waals surface area contributed by atoms with E-state index in [0.717, 1.165) is 6.42 Å². The highest BCUT2D eigenvalue weighted by Gasteiger charge is 2.20. The van der Waals surface area contributed by atoms with E-state index in [0.29, 0.717) is 10.5 Å². The van der Waals surface area contributed by atoms with Crippen molar-refractivity contribution >= 4 is 16.5 Å². The van der Waals surface area contributed by atoms with E-state index in [9.17, 15) is 4.79 Å². The summed E-state index contributed by atoms with van der Waals surface area (Å²) in [7, 11) is 0.359. The molecule has 0 aliphatic rings. The van der Waals surface area contributed by atoms with Crippen molar-refractivity contribution in [1.29, 1.82) is 0 Å². The highest BCUT2D eigenvalue weighted by Crippen LogP contribution is 2.07. The van der Waals surface area contributed by atoms with Gasteiger partial charge in [0.05, 0.1) is 0 Å². The highest BCUT2D eigenvalue weighted by molar-refractivity contribution is 6.06. The Kier molecular flexibility index (Phi) is 4.30. The van der Waals surface area contributed by atoms with E-state index in [1.54, 1.807) is 0 Å². The van der Waals surface area contributed by atoms with Gasteiger partial charge in [-0.25, -0.2) is 0 Å². The van der Waals surface area contributed by atoms with Gasteiger partial charge in [0, 0.05) is 0 Å². The second kappa shape index (κ2) is 4.46. The number of aliphatic hydroxyl groups excluding tert-OH is 1. The smallest absolute Gasteiger partial charge is 0.321 e. The molecule has 60 valence electrons. The zero-order chi connectivity index (χ0) is 8.15. The summed E-state index contributed by atoms with van der Waals surface area (Å²) in [5, 5.41) is 9.13. The van der Waals surface area contributed by atoms with E-state index in [4.69, 9.17) is 5.11 Å². The summed E-state index contributed by atoms with van der Waals surface area (Å²) in [4.78, 5) is 10.7. The first kappa shape index (κ1) is 9.65. The minimum absolute atomic E-state index is 0.00134. The van der Waals surface area contributed by atoms with Crippen LogP contribution in [0.25, 0.3) is 0 Å². The van der Waals surface area contributed by atoms with E-state index in [1.165, 1.54) is 0 Å². The number of carbonyl (C=O) groups excluding carboxylic acids is 1. The average Bonchev–Trinajstić information content (AvgIpc) is 2.00. The minimum atomic E-state index is -0.928. The van der Waals surface area contributed by atoms with Crippen molar-refractivity contribution in [1.82, 2.24) is 0 Å². The van der Waals surface area contributed by atoms with E-state index in [1.807, 2.05) is 13.8 Å². The molecule has 0 saturated carbocycles. The molecule has 2 unspecified atom stereocenters. The molecule has 0 aromatic rings. The Labute approximate surface area is 63.9 Å². The first-order chi connectivity index (χ1) is 4.63. The lowest BCUT2D eigenvalue weighted by atomic mass is 10.0. The lowest BCUT2D eigenvalue weighted by molar-refractivity contribution is -0.146. The summed E-state index contributed by atoms with van der Waals surface area (Å²) in [5.74, 6) is -0.484. The Hall–Kier alpha value is -0.353. The standard InChI is InChI=1S/C6H14O3Si/c1-3-4(2)5(7)6(8)9-10/h4-5,7H,3H2,1-2,10H3. The molecule has 0 amide bonds. The number of rotatable bonds is 3. The zero-order valence-electron chi connectivity index (χ0n) is 6.63. The van der Waals surface area contributed by atoms with Crippen molar-refractivity contribution in [3.63, 3.8) is 0 Å². The fourth-order valence-electron chi connectivity index (χ4n) is 0.576. The molecule has 10 heavy (non-hydrogen) atoms. The van der Waals surface area contributed by atoms with Crippen molar-refractivity contribution in [3.8, 4) is 0 Å². The van der Waals surface area contributed by atoms with Crippen molar-refractivity contribution in [3.05, 3.63) is 0 Å². The number of hydrogen-bond acceptors (Lipinski definition) is 3. The van der Waals surface area contributed by atoms with Crippen LogP contribution in [0, 0.1) is 5.92 Å². The third-order valence-corrected chi connectivity index (χ3v) is 2.03. The predicted octanol–water partition coefficient (Wildman–Crippen LogP) is -0.783. The zero-order valence-corrected chi connectivity index (χ0v) is 8.63. The van der Waals surface area contributed by atoms with Gasteiger partial charge in [-0.3, -0.25) is 4.79 Å². The van der Waals surface area contributed by atoms with E-state index >= 15 is 0 Å². The monoisotopic (exact) mass is 162 g/mol. The van der Waals surface area contributed by atoms with Gasteiger partial charge in [0.25, 0.3) is 0 Å². The molecule has 0 bridgehead atoms. The van der Waals surface area contributed by atoms with E-state index < -0.39 is 12.1 Å². The number of hydrogen-bond donors (Lipinski definition) is 1. The Morgan fingerprint density at radius 2 is 2.30 bits per heavy atom. The molecule has 2 atom stereocenters. The second-order valence-electron chi connectivity index (χ2n) is 2.35. The van der Waals surface area contributed by atoms with Crippen LogP contribution in [-0.4, -0.2) is 27.7 Å². The molecule has 1 N–H and O–H groups in total. The summed E-state index contributed by atoms with van der Waals surface area (Å²) in [5.41, 5.74) is 0. The van der Waals surface area contributed by atoms with Crippen LogP contribution >= 0.6 is 0 Å². The Bertz CT molecular complexity index is 116. The third-order valence-electron chi connectivity index (χ3n) is 1.63. The molecule has 0 spiro atoms. The molecule has 0 heterocycles. The van der Waals surface area contributed by atoms with Crippen LogP contribution in [0.3, 0.4) is 0 Å². The molecule has 0 aromatic heterocycles. The average molecular weight is 162 g/mol. The molecular weight excluding hydrogens is 148 g/mol. The molecule has 0 rings (SSSR count). The van der Waals surface area contributed by atoms with Crippen LogP contribution in [0.1, 0.15) is 20.3 Å². The molecule has 0 fully saturated rings. The maximum Gasteiger partial charge on any atom is 0.321 e. The van der Waals surface area contributed by atoms with Crippen molar-refractivity contribution in [2.45, 2.75) is 26.4 Å². The van der Waals surface area contributed by atoms with Crippen LogP contribution in [0.2, 0.25) is 0 Å². The number of aliphatic hydroxyl groups is 1. The fraction of sp³-hybridized carbons (Fsp3) is 0.833. The fourth-order valence-corrected chi connectivity index (χ4v) is 0.818. The number of carbonyl (C=O) groups is 1. The summed E-state index contributed by atoms with van der Waals surface area (Å²) in [6.07, 6.45) is -0.139. The largest absolute Gasteiger partial charge is 0.527 e. The van der Waals surface area contributed by atoms with Gasteiger partial charge in [0.1, 0.15) is 0 Å². The van der Waals surface area contributed by atoms with Gasteiger partial charge in [-0.05, 0) is 5.92 Å². The quantitative estimate of drug-likeness (QED) is 0.554. The summed E-state index contributed by atoms with van der Waals surface area (Å²) in [6, 6.07) is 0. The summed E-state index contributed by atoms with van der Waals surface area (Å²) in [6.45, 7) is 3.75. The molecule has 0 aliphatic carbocycles.